The predicted octanol–water partition coefficient (Wildman–Crippen LogP) is 3.35. The molecule has 0 bridgehead atoms. The van der Waals surface area contributed by atoms with E-state index in [1.807, 2.05) is 30.3 Å². The van der Waals surface area contributed by atoms with Gasteiger partial charge in [0.15, 0.2) is 0 Å². The molecular weight excluding hydrogens is 316 g/mol. The van der Waals surface area contributed by atoms with Crippen molar-refractivity contribution < 1.29 is 9.53 Å². The molecule has 0 aliphatic rings. The lowest BCUT2D eigenvalue weighted by Crippen LogP contribution is -2.14. The molecule has 2 aromatic heterocycles. The average molecular weight is 334 g/mol. The highest BCUT2D eigenvalue weighted by atomic mass is 16.5. The second-order valence-corrected chi connectivity index (χ2v) is 5.30. The summed E-state index contributed by atoms with van der Waals surface area (Å²) in [5, 5.41) is 6.04. The van der Waals surface area contributed by atoms with Crippen LogP contribution in [0.3, 0.4) is 0 Å². The van der Waals surface area contributed by atoms with E-state index >= 15 is 0 Å². The molecular formula is C19H18N4O2. The number of ether oxygens (including phenoxy) is 1. The molecule has 6 nitrogen and oxygen atoms in total. The summed E-state index contributed by atoms with van der Waals surface area (Å²) in [6.45, 7) is 0.641. The first-order chi connectivity index (χ1) is 12.3. The quantitative estimate of drug-likeness (QED) is 0.723. The third kappa shape index (κ3) is 4.32. The summed E-state index contributed by atoms with van der Waals surface area (Å²) in [6, 6.07) is 14.6. The van der Waals surface area contributed by atoms with E-state index in [1.165, 1.54) is 0 Å². The zero-order valence-corrected chi connectivity index (χ0v) is 13.8. The topological polar surface area (TPSA) is 76.1 Å². The molecule has 1 aromatic carbocycles. The van der Waals surface area contributed by atoms with Crippen molar-refractivity contribution in [3.05, 3.63) is 78.4 Å². The monoisotopic (exact) mass is 334 g/mol. The SMILES string of the molecule is COc1ccccc1NC(=O)c1ccc(NCc2cccnc2)cn1. The highest BCUT2D eigenvalue weighted by Crippen LogP contribution is 2.23. The summed E-state index contributed by atoms with van der Waals surface area (Å²) in [5.41, 5.74) is 2.84. The third-order valence-electron chi connectivity index (χ3n) is 3.57. The van der Waals surface area contributed by atoms with Gasteiger partial charge in [0.2, 0.25) is 0 Å². The lowest BCUT2D eigenvalue weighted by molar-refractivity contribution is 0.102. The molecule has 0 aliphatic heterocycles. The van der Waals surface area contributed by atoms with Crippen LogP contribution in [-0.4, -0.2) is 23.0 Å². The molecule has 0 saturated carbocycles. The second-order valence-electron chi connectivity index (χ2n) is 5.30. The van der Waals surface area contributed by atoms with Crippen molar-refractivity contribution in [2.45, 2.75) is 6.54 Å². The summed E-state index contributed by atoms with van der Waals surface area (Å²) < 4.78 is 5.22. The molecule has 25 heavy (non-hydrogen) atoms. The zero-order chi connectivity index (χ0) is 17.5. The molecule has 0 spiro atoms. The fourth-order valence-electron chi connectivity index (χ4n) is 2.27. The smallest absolute Gasteiger partial charge is 0.274 e. The number of hydrogen-bond acceptors (Lipinski definition) is 5. The Morgan fingerprint density at radius 2 is 1.96 bits per heavy atom. The number of amides is 1. The third-order valence-corrected chi connectivity index (χ3v) is 3.57. The lowest BCUT2D eigenvalue weighted by Gasteiger charge is -2.10. The number of para-hydroxylation sites is 2. The largest absolute Gasteiger partial charge is 0.495 e. The minimum absolute atomic E-state index is 0.289. The molecule has 0 fully saturated rings. The predicted molar refractivity (Wildman–Crippen MR) is 96.7 cm³/mol. The van der Waals surface area contributed by atoms with Crippen molar-refractivity contribution in [1.82, 2.24) is 9.97 Å². The Hall–Kier alpha value is -3.41. The van der Waals surface area contributed by atoms with Crippen molar-refractivity contribution >= 4 is 17.3 Å². The van der Waals surface area contributed by atoms with Gasteiger partial charge in [-0.15, -0.1) is 0 Å². The number of nitrogens with zero attached hydrogens (tertiary/aromatic N) is 2. The van der Waals surface area contributed by atoms with Gasteiger partial charge in [0.1, 0.15) is 11.4 Å². The number of hydrogen-bond donors (Lipinski definition) is 2. The highest BCUT2D eigenvalue weighted by Gasteiger charge is 2.10. The minimum Gasteiger partial charge on any atom is -0.495 e. The number of benzene rings is 1. The zero-order valence-electron chi connectivity index (χ0n) is 13.8. The van der Waals surface area contributed by atoms with E-state index in [-0.39, 0.29) is 5.91 Å². The number of methoxy groups -OCH3 is 1. The first-order valence-corrected chi connectivity index (χ1v) is 7.79. The highest BCUT2D eigenvalue weighted by molar-refractivity contribution is 6.03. The number of rotatable bonds is 6. The maximum Gasteiger partial charge on any atom is 0.274 e. The van der Waals surface area contributed by atoms with Gasteiger partial charge in [-0.25, -0.2) is 4.98 Å². The van der Waals surface area contributed by atoms with E-state index in [4.69, 9.17) is 4.74 Å². The average Bonchev–Trinajstić information content (AvgIpc) is 2.68. The molecule has 6 heteroatoms. The fourth-order valence-corrected chi connectivity index (χ4v) is 2.27. The first kappa shape index (κ1) is 16.4. The van der Waals surface area contributed by atoms with Gasteiger partial charge < -0.3 is 15.4 Å². The van der Waals surface area contributed by atoms with Gasteiger partial charge in [0.25, 0.3) is 5.91 Å². The number of anilines is 2. The molecule has 3 rings (SSSR count). The molecule has 3 aromatic rings. The van der Waals surface area contributed by atoms with Gasteiger partial charge in [-0.3, -0.25) is 9.78 Å². The maximum absolute atomic E-state index is 12.3. The normalized spacial score (nSPS) is 10.1. The summed E-state index contributed by atoms with van der Waals surface area (Å²) in [5.74, 6) is 0.314. The Morgan fingerprint density at radius 3 is 2.68 bits per heavy atom. The summed E-state index contributed by atoms with van der Waals surface area (Å²) in [7, 11) is 1.56. The van der Waals surface area contributed by atoms with E-state index in [9.17, 15) is 4.79 Å². The molecule has 126 valence electrons. The van der Waals surface area contributed by atoms with Gasteiger partial charge in [0.05, 0.1) is 24.7 Å². The Labute approximate surface area is 145 Å². The van der Waals surface area contributed by atoms with Gasteiger partial charge in [-0.1, -0.05) is 18.2 Å². The summed E-state index contributed by atoms with van der Waals surface area (Å²) >= 11 is 0. The van der Waals surface area contributed by atoms with Gasteiger partial charge in [0, 0.05) is 18.9 Å². The summed E-state index contributed by atoms with van der Waals surface area (Å²) in [6.07, 6.45) is 5.17. The molecule has 2 N–H and O–H groups in total. The Balaban J connectivity index is 1.62. The van der Waals surface area contributed by atoms with Crippen LogP contribution in [0, 0.1) is 0 Å². The number of pyridine rings is 2. The standard InChI is InChI=1S/C19H18N4O2/c1-25-18-7-3-2-6-16(18)23-19(24)17-9-8-15(13-22-17)21-12-14-5-4-10-20-11-14/h2-11,13,21H,12H2,1H3,(H,23,24). The van der Waals surface area contributed by atoms with Crippen LogP contribution in [0.15, 0.2) is 67.1 Å². The molecule has 0 unspecified atom stereocenters. The molecule has 0 atom stereocenters. The molecule has 2 heterocycles. The van der Waals surface area contributed by atoms with E-state index in [0.717, 1.165) is 11.3 Å². The minimum atomic E-state index is -0.289. The van der Waals surface area contributed by atoms with E-state index < -0.39 is 0 Å². The van der Waals surface area contributed by atoms with Gasteiger partial charge >= 0.3 is 0 Å². The number of nitrogens with one attached hydrogen (secondary N) is 2. The maximum atomic E-state index is 12.3. The Kier molecular flexibility index (Phi) is 5.21. The Morgan fingerprint density at radius 1 is 1.08 bits per heavy atom. The Bertz CT molecular complexity index is 836. The van der Waals surface area contributed by atoms with Crippen LogP contribution in [0.4, 0.5) is 11.4 Å². The first-order valence-electron chi connectivity index (χ1n) is 7.79. The fraction of sp³-hybridized carbons (Fsp3) is 0.105. The van der Waals surface area contributed by atoms with Crippen LogP contribution in [0.5, 0.6) is 5.75 Å². The van der Waals surface area contributed by atoms with Gasteiger partial charge in [-0.2, -0.15) is 0 Å². The second kappa shape index (κ2) is 7.92. The molecule has 1 amide bonds. The van der Waals surface area contributed by atoms with E-state index in [0.29, 0.717) is 23.7 Å². The molecule has 0 radical (unpaired) electrons. The van der Waals surface area contributed by atoms with Crippen molar-refractivity contribution in [3.63, 3.8) is 0 Å². The lowest BCUT2D eigenvalue weighted by atomic mass is 10.2. The van der Waals surface area contributed by atoms with Crippen molar-refractivity contribution in [2.75, 3.05) is 17.7 Å². The number of aromatic nitrogens is 2. The van der Waals surface area contributed by atoms with Crippen LogP contribution in [0.1, 0.15) is 16.1 Å². The number of carbonyl (C=O) groups excluding carboxylic acids is 1. The van der Waals surface area contributed by atoms with Crippen LogP contribution >= 0.6 is 0 Å². The molecule has 0 saturated heterocycles. The van der Waals surface area contributed by atoms with Crippen LogP contribution < -0.4 is 15.4 Å². The van der Waals surface area contributed by atoms with Crippen molar-refractivity contribution in [2.24, 2.45) is 0 Å². The van der Waals surface area contributed by atoms with Crippen LogP contribution in [-0.2, 0) is 6.54 Å². The van der Waals surface area contributed by atoms with Crippen LogP contribution in [0.25, 0.3) is 0 Å². The summed E-state index contributed by atoms with van der Waals surface area (Å²) in [4.78, 5) is 20.6. The molecule has 0 aliphatic carbocycles. The van der Waals surface area contributed by atoms with Crippen LogP contribution in [0.2, 0.25) is 0 Å². The van der Waals surface area contributed by atoms with Crippen molar-refractivity contribution in [1.29, 1.82) is 0 Å². The van der Waals surface area contributed by atoms with E-state index in [2.05, 4.69) is 20.6 Å². The number of carbonyl (C=O) groups is 1. The van der Waals surface area contributed by atoms with Gasteiger partial charge in [-0.05, 0) is 35.9 Å². The van der Waals surface area contributed by atoms with Crippen molar-refractivity contribution in [3.8, 4) is 5.75 Å². The van der Waals surface area contributed by atoms with E-state index in [1.54, 1.807) is 43.9 Å².